The molecule has 8 nitrogen and oxygen atoms in total. The van der Waals surface area contributed by atoms with Crippen molar-refractivity contribution in [2.24, 2.45) is 18.2 Å². The van der Waals surface area contributed by atoms with Crippen molar-refractivity contribution in [2.75, 3.05) is 4.90 Å². The largest absolute Gasteiger partial charge is 0.454 e. The van der Waals surface area contributed by atoms with Crippen LogP contribution in [0.3, 0.4) is 0 Å². The SMILES string of the molecule is Cn1cc(-c2cc(Oc3ccc(N(C(=O)C4(C(N)=O)CC4)c4ccc(F)cc4)cc3F)ccn2)cn1. The van der Waals surface area contributed by atoms with Gasteiger partial charge in [-0.2, -0.15) is 5.10 Å². The van der Waals surface area contributed by atoms with E-state index >= 15 is 4.39 Å². The Bertz CT molecular complexity index is 1460. The van der Waals surface area contributed by atoms with Gasteiger partial charge < -0.3 is 10.5 Å². The number of ether oxygens (including phenoxy) is 1. The second kappa shape index (κ2) is 8.88. The van der Waals surface area contributed by atoms with Crippen LogP contribution in [0.2, 0.25) is 0 Å². The quantitative estimate of drug-likeness (QED) is 0.386. The molecule has 0 bridgehead atoms. The Morgan fingerprint density at radius 1 is 1.06 bits per heavy atom. The highest BCUT2D eigenvalue weighted by atomic mass is 19.1. The minimum absolute atomic E-state index is 0.0790. The molecule has 0 unspecified atom stereocenters. The molecule has 0 atom stereocenters. The van der Waals surface area contributed by atoms with Gasteiger partial charge in [0.2, 0.25) is 11.8 Å². The van der Waals surface area contributed by atoms with Crippen LogP contribution in [0.25, 0.3) is 11.3 Å². The number of nitrogens with zero attached hydrogens (tertiary/aromatic N) is 4. The summed E-state index contributed by atoms with van der Waals surface area (Å²) in [6, 6.07) is 12.3. The number of halogens is 2. The highest BCUT2D eigenvalue weighted by Crippen LogP contribution is 2.49. The number of rotatable bonds is 7. The lowest BCUT2D eigenvalue weighted by molar-refractivity contribution is -0.133. The lowest BCUT2D eigenvalue weighted by Crippen LogP contribution is -2.41. The van der Waals surface area contributed by atoms with Gasteiger partial charge in [-0.1, -0.05) is 0 Å². The maximum atomic E-state index is 15.2. The summed E-state index contributed by atoms with van der Waals surface area (Å²) >= 11 is 0. The van der Waals surface area contributed by atoms with E-state index in [9.17, 15) is 14.0 Å². The molecule has 2 amide bonds. The Hall–Kier alpha value is -4.60. The fourth-order valence-corrected chi connectivity index (χ4v) is 3.90. The van der Waals surface area contributed by atoms with E-state index in [0.29, 0.717) is 24.3 Å². The van der Waals surface area contributed by atoms with E-state index in [0.717, 1.165) is 11.6 Å². The first-order valence-corrected chi connectivity index (χ1v) is 11.1. The standard InChI is InChI=1S/C26H21F2N5O3/c1-32-15-16(14-31-32)22-13-20(8-11-30-22)36-23-7-6-19(12-21(23)28)33(18-4-2-17(27)3-5-18)25(35)26(9-10-26)24(29)34/h2-8,11-15H,9-10H2,1H3,(H2,29,34). The Morgan fingerprint density at radius 3 is 2.39 bits per heavy atom. The third-order valence-corrected chi connectivity index (χ3v) is 6.05. The van der Waals surface area contributed by atoms with Crippen LogP contribution >= 0.6 is 0 Å². The third-order valence-electron chi connectivity index (χ3n) is 6.05. The molecule has 5 rings (SSSR count). The number of aryl methyl sites for hydroxylation is 1. The van der Waals surface area contributed by atoms with Crippen LogP contribution in [-0.2, 0) is 16.6 Å². The minimum atomic E-state index is -1.36. The number of hydrogen-bond acceptors (Lipinski definition) is 5. The normalized spacial score (nSPS) is 13.8. The molecule has 10 heteroatoms. The number of nitrogens with two attached hydrogens (primary N) is 1. The molecule has 2 aromatic heterocycles. The molecule has 0 aliphatic heterocycles. The summed E-state index contributed by atoms with van der Waals surface area (Å²) in [5.41, 5.74) is 5.94. The van der Waals surface area contributed by atoms with Gasteiger partial charge in [0.15, 0.2) is 11.6 Å². The van der Waals surface area contributed by atoms with Crippen LogP contribution in [0.15, 0.2) is 73.2 Å². The summed E-state index contributed by atoms with van der Waals surface area (Å²) in [6.07, 6.45) is 5.58. The van der Waals surface area contributed by atoms with Crippen molar-refractivity contribution in [3.8, 4) is 22.8 Å². The van der Waals surface area contributed by atoms with E-state index in [2.05, 4.69) is 10.1 Å². The molecule has 2 N–H and O–H groups in total. The predicted molar refractivity (Wildman–Crippen MR) is 127 cm³/mol. The van der Waals surface area contributed by atoms with Crippen LogP contribution < -0.4 is 15.4 Å². The number of carbonyl (C=O) groups is 2. The number of carbonyl (C=O) groups excluding carboxylic acids is 2. The predicted octanol–water partition coefficient (Wildman–Crippen LogP) is 4.48. The van der Waals surface area contributed by atoms with Crippen molar-refractivity contribution in [3.63, 3.8) is 0 Å². The number of hydrogen-bond donors (Lipinski definition) is 1. The van der Waals surface area contributed by atoms with Crippen LogP contribution in [-0.4, -0.2) is 26.6 Å². The van der Waals surface area contributed by atoms with Gasteiger partial charge in [0.1, 0.15) is 17.0 Å². The molecule has 4 aromatic rings. The average Bonchev–Trinajstić information content (AvgIpc) is 3.57. The molecule has 1 aliphatic carbocycles. The first-order chi connectivity index (χ1) is 17.3. The van der Waals surface area contributed by atoms with Crippen molar-refractivity contribution < 1.29 is 23.1 Å². The summed E-state index contributed by atoms with van der Waals surface area (Å²) in [4.78, 5) is 30.9. The first kappa shape index (κ1) is 23.2. The lowest BCUT2D eigenvalue weighted by atomic mass is 10.0. The molecular formula is C26H21F2N5O3. The summed E-state index contributed by atoms with van der Waals surface area (Å²) in [5.74, 6) is -2.31. The summed E-state index contributed by atoms with van der Waals surface area (Å²) in [5, 5.41) is 4.12. The van der Waals surface area contributed by atoms with Crippen molar-refractivity contribution >= 4 is 23.2 Å². The molecule has 36 heavy (non-hydrogen) atoms. The maximum absolute atomic E-state index is 15.2. The second-order valence-electron chi connectivity index (χ2n) is 8.56. The minimum Gasteiger partial charge on any atom is -0.454 e. The van der Waals surface area contributed by atoms with E-state index < -0.39 is 28.9 Å². The maximum Gasteiger partial charge on any atom is 0.247 e. The summed E-state index contributed by atoms with van der Waals surface area (Å²) < 4.78 is 36.1. The molecule has 2 heterocycles. The third kappa shape index (κ3) is 4.28. The van der Waals surface area contributed by atoms with Crippen molar-refractivity contribution in [3.05, 3.63) is 84.8 Å². The van der Waals surface area contributed by atoms with Crippen LogP contribution in [0.1, 0.15) is 12.8 Å². The van der Waals surface area contributed by atoms with Crippen molar-refractivity contribution in [1.82, 2.24) is 14.8 Å². The lowest BCUT2D eigenvalue weighted by Gasteiger charge is -2.26. The molecule has 0 saturated heterocycles. The van der Waals surface area contributed by atoms with E-state index in [-0.39, 0.29) is 17.1 Å². The average molecular weight is 489 g/mol. The van der Waals surface area contributed by atoms with Gasteiger partial charge in [-0.15, -0.1) is 0 Å². The fourth-order valence-electron chi connectivity index (χ4n) is 3.90. The highest BCUT2D eigenvalue weighted by molar-refractivity contribution is 6.16. The van der Waals surface area contributed by atoms with Gasteiger partial charge in [-0.05, 0) is 55.3 Å². The zero-order chi connectivity index (χ0) is 25.4. The number of pyridine rings is 1. The summed E-state index contributed by atoms with van der Waals surface area (Å²) in [6.45, 7) is 0. The molecule has 2 aromatic carbocycles. The van der Waals surface area contributed by atoms with Gasteiger partial charge in [0, 0.05) is 42.8 Å². The highest BCUT2D eigenvalue weighted by Gasteiger charge is 2.57. The number of aromatic nitrogens is 3. The smallest absolute Gasteiger partial charge is 0.247 e. The van der Waals surface area contributed by atoms with E-state index in [1.54, 1.807) is 36.3 Å². The van der Waals surface area contributed by atoms with Crippen LogP contribution in [0, 0.1) is 17.0 Å². The van der Waals surface area contributed by atoms with Gasteiger partial charge >= 0.3 is 0 Å². The van der Waals surface area contributed by atoms with Crippen molar-refractivity contribution in [1.29, 1.82) is 0 Å². The molecule has 1 saturated carbocycles. The van der Waals surface area contributed by atoms with E-state index in [4.69, 9.17) is 10.5 Å². The molecular weight excluding hydrogens is 468 g/mol. The number of benzene rings is 2. The molecule has 0 spiro atoms. The van der Waals surface area contributed by atoms with Gasteiger partial charge in [-0.25, -0.2) is 8.78 Å². The Labute approximate surface area is 204 Å². The second-order valence-corrected chi connectivity index (χ2v) is 8.56. The Balaban J connectivity index is 1.46. The Morgan fingerprint density at radius 2 is 1.78 bits per heavy atom. The number of amides is 2. The molecule has 1 fully saturated rings. The van der Waals surface area contributed by atoms with Crippen molar-refractivity contribution in [2.45, 2.75) is 12.8 Å². The molecule has 0 radical (unpaired) electrons. The van der Waals surface area contributed by atoms with Gasteiger partial charge in [0.25, 0.3) is 0 Å². The zero-order valence-corrected chi connectivity index (χ0v) is 19.2. The van der Waals surface area contributed by atoms with E-state index in [1.807, 2.05) is 0 Å². The molecule has 1 aliphatic rings. The number of primary amides is 1. The summed E-state index contributed by atoms with van der Waals surface area (Å²) in [7, 11) is 1.79. The first-order valence-electron chi connectivity index (χ1n) is 11.1. The Kier molecular flexibility index (Phi) is 5.71. The van der Waals surface area contributed by atoms with Gasteiger partial charge in [0.05, 0.1) is 17.6 Å². The monoisotopic (exact) mass is 489 g/mol. The van der Waals surface area contributed by atoms with Gasteiger partial charge in [-0.3, -0.25) is 24.2 Å². The van der Waals surface area contributed by atoms with Crippen LogP contribution in [0.4, 0.5) is 20.2 Å². The van der Waals surface area contributed by atoms with E-state index in [1.165, 1.54) is 47.5 Å². The molecule has 182 valence electrons. The topological polar surface area (TPSA) is 103 Å². The fraction of sp³-hybridized carbons (Fsp3) is 0.154. The number of anilines is 2. The van der Waals surface area contributed by atoms with Crippen LogP contribution in [0.5, 0.6) is 11.5 Å². The zero-order valence-electron chi connectivity index (χ0n) is 19.2.